The van der Waals surface area contributed by atoms with Crippen LogP contribution in [0.3, 0.4) is 0 Å². The summed E-state index contributed by atoms with van der Waals surface area (Å²) in [6.45, 7) is 1.65. The second kappa shape index (κ2) is 5.06. The Morgan fingerprint density at radius 1 is 1.24 bits per heavy atom. The summed E-state index contributed by atoms with van der Waals surface area (Å²) in [6.07, 6.45) is 0. The van der Waals surface area contributed by atoms with Crippen molar-refractivity contribution >= 4 is 11.7 Å². The first-order valence-electron chi connectivity index (χ1n) is 4.69. The van der Waals surface area contributed by atoms with Crippen LogP contribution in [0.2, 0.25) is 0 Å². The van der Waals surface area contributed by atoms with Crippen molar-refractivity contribution in [3.63, 3.8) is 0 Å². The molecular weight excluding hydrogens is 224 g/mol. The summed E-state index contributed by atoms with van der Waals surface area (Å²) in [7, 11) is 1.38. The third-order valence-corrected chi connectivity index (χ3v) is 2.01. The smallest absolute Gasteiger partial charge is 0.211 e. The molecule has 1 aromatic rings. The number of methoxy groups -OCH3 is 1. The SMILES string of the molecule is COc1cc(/C(C)=N/N=C(N)N)cc(O)c1O. The molecule has 1 rings (SSSR count). The van der Waals surface area contributed by atoms with Crippen LogP contribution in [-0.2, 0) is 0 Å². The molecule has 0 aliphatic carbocycles. The summed E-state index contributed by atoms with van der Waals surface area (Å²) < 4.78 is 4.89. The second-order valence-corrected chi connectivity index (χ2v) is 3.26. The highest BCUT2D eigenvalue weighted by Gasteiger charge is 2.11. The molecule has 0 bridgehead atoms. The molecule has 7 nitrogen and oxygen atoms in total. The summed E-state index contributed by atoms with van der Waals surface area (Å²) in [4.78, 5) is 0. The monoisotopic (exact) mass is 238 g/mol. The van der Waals surface area contributed by atoms with Crippen molar-refractivity contribution in [2.24, 2.45) is 21.7 Å². The van der Waals surface area contributed by atoms with E-state index in [2.05, 4.69) is 10.2 Å². The second-order valence-electron chi connectivity index (χ2n) is 3.26. The van der Waals surface area contributed by atoms with Gasteiger partial charge in [-0.1, -0.05) is 0 Å². The summed E-state index contributed by atoms with van der Waals surface area (Å²) in [6, 6.07) is 2.84. The lowest BCUT2D eigenvalue weighted by atomic mass is 10.1. The third kappa shape index (κ3) is 3.00. The predicted octanol–water partition coefficient (Wildman–Crippen LogP) is 0.104. The molecule has 92 valence electrons. The van der Waals surface area contributed by atoms with Crippen LogP contribution in [-0.4, -0.2) is 29.0 Å². The van der Waals surface area contributed by atoms with Gasteiger partial charge in [0.15, 0.2) is 11.5 Å². The fourth-order valence-corrected chi connectivity index (χ4v) is 1.15. The van der Waals surface area contributed by atoms with Crippen LogP contribution in [0.5, 0.6) is 17.2 Å². The van der Waals surface area contributed by atoms with Crippen LogP contribution in [0.15, 0.2) is 22.3 Å². The molecule has 0 saturated carbocycles. The summed E-state index contributed by atoms with van der Waals surface area (Å²) in [5, 5.41) is 26.1. The van der Waals surface area contributed by atoms with Gasteiger partial charge in [0.05, 0.1) is 12.8 Å². The average Bonchev–Trinajstić information content (AvgIpc) is 2.29. The van der Waals surface area contributed by atoms with E-state index >= 15 is 0 Å². The maximum absolute atomic E-state index is 9.47. The number of guanidine groups is 1. The minimum Gasteiger partial charge on any atom is -0.504 e. The van der Waals surface area contributed by atoms with Crippen molar-refractivity contribution in [2.45, 2.75) is 6.92 Å². The van der Waals surface area contributed by atoms with Crippen LogP contribution < -0.4 is 16.2 Å². The van der Waals surface area contributed by atoms with E-state index < -0.39 is 0 Å². The molecule has 0 aromatic heterocycles. The van der Waals surface area contributed by atoms with Gasteiger partial charge in [-0.05, 0) is 19.1 Å². The Morgan fingerprint density at radius 3 is 2.41 bits per heavy atom. The number of nitrogens with two attached hydrogens (primary N) is 2. The topological polar surface area (TPSA) is 126 Å². The fraction of sp³-hybridized carbons (Fsp3) is 0.200. The average molecular weight is 238 g/mol. The largest absolute Gasteiger partial charge is 0.504 e. The lowest BCUT2D eigenvalue weighted by molar-refractivity contribution is 0.351. The zero-order chi connectivity index (χ0) is 13.0. The number of rotatable bonds is 3. The van der Waals surface area contributed by atoms with Crippen LogP contribution >= 0.6 is 0 Å². The van der Waals surface area contributed by atoms with Crippen LogP contribution in [0.25, 0.3) is 0 Å². The Balaban J connectivity index is 3.20. The quantitative estimate of drug-likeness (QED) is 0.257. The molecule has 0 atom stereocenters. The van der Waals surface area contributed by atoms with E-state index in [0.29, 0.717) is 11.3 Å². The minimum atomic E-state index is -0.328. The maximum atomic E-state index is 9.47. The highest BCUT2D eigenvalue weighted by Crippen LogP contribution is 2.36. The molecule has 1 aromatic carbocycles. The van der Waals surface area contributed by atoms with Gasteiger partial charge in [-0.15, -0.1) is 5.10 Å². The first-order valence-corrected chi connectivity index (χ1v) is 4.69. The first kappa shape index (κ1) is 12.6. The number of ether oxygens (including phenoxy) is 1. The molecule has 0 spiro atoms. The molecule has 0 radical (unpaired) electrons. The number of phenolic OH excluding ortho intramolecular Hbond substituents is 2. The lowest BCUT2D eigenvalue weighted by Crippen LogP contribution is -2.22. The van der Waals surface area contributed by atoms with Crippen LogP contribution in [0.4, 0.5) is 0 Å². The normalized spacial score (nSPS) is 11.1. The number of aromatic hydroxyl groups is 2. The zero-order valence-corrected chi connectivity index (χ0v) is 9.51. The Kier molecular flexibility index (Phi) is 3.76. The molecule has 7 heteroatoms. The van der Waals surface area contributed by atoms with Gasteiger partial charge in [0.25, 0.3) is 0 Å². The number of nitrogens with zero attached hydrogens (tertiary/aromatic N) is 2. The lowest BCUT2D eigenvalue weighted by Gasteiger charge is -2.07. The number of phenols is 2. The van der Waals surface area contributed by atoms with Gasteiger partial charge >= 0.3 is 0 Å². The first-order chi connectivity index (χ1) is 7.95. The number of hydrogen-bond donors (Lipinski definition) is 4. The maximum Gasteiger partial charge on any atom is 0.211 e. The Bertz CT molecular complexity index is 479. The van der Waals surface area contributed by atoms with E-state index in [1.165, 1.54) is 19.2 Å². The minimum absolute atomic E-state index is 0.138. The summed E-state index contributed by atoms with van der Waals surface area (Å²) in [5.41, 5.74) is 11.3. The Morgan fingerprint density at radius 2 is 1.88 bits per heavy atom. The van der Waals surface area contributed by atoms with E-state index in [4.69, 9.17) is 16.2 Å². The molecule has 0 aliphatic rings. The zero-order valence-electron chi connectivity index (χ0n) is 9.51. The molecule has 0 aliphatic heterocycles. The predicted molar refractivity (Wildman–Crippen MR) is 64.3 cm³/mol. The van der Waals surface area contributed by atoms with E-state index in [1.54, 1.807) is 6.92 Å². The Labute approximate surface area is 98.0 Å². The molecule has 0 saturated heterocycles. The fourth-order valence-electron chi connectivity index (χ4n) is 1.15. The van der Waals surface area contributed by atoms with Gasteiger partial charge < -0.3 is 26.4 Å². The van der Waals surface area contributed by atoms with Crippen molar-refractivity contribution in [3.05, 3.63) is 17.7 Å². The summed E-state index contributed by atoms with van der Waals surface area (Å²) >= 11 is 0. The van der Waals surface area contributed by atoms with Crippen molar-refractivity contribution in [3.8, 4) is 17.2 Å². The molecule has 0 amide bonds. The highest BCUT2D eigenvalue weighted by atomic mass is 16.5. The van der Waals surface area contributed by atoms with Gasteiger partial charge in [0.1, 0.15) is 0 Å². The van der Waals surface area contributed by atoms with Crippen molar-refractivity contribution in [2.75, 3.05) is 7.11 Å². The molecule has 0 fully saturated rings. The standard InChI is InChI=1S/C10H14N4O3/c1-5(13-14-10(11)12)6-3-7(15)9(16)8(4-6)17-2/h3-4,15-16H,1-2H3,(H4,11,12,14)/b13-5+. The van der Waals surface area contributed by atoms with Gasteiger partial charge in [0.2, 0.25) is 11.7 Å². The number of hydrogen-bond acceptors (Lipinski definition) is 5. The molecule has 17 heavy (non-hydrogen) atoms. The van der Waals surface area contributed by atoms with Gasteiger partial charge in [0, 0.05) is 5.56 Å². The van der Waals surface area contributed by atoms with Crippen molar-refractivity contribution < 1.29 is 14.9 Å². The van der Waals surface area contributed by atoms with E-state index in [1.807, 2.05) is 0 Å². The van der Waals surface area contributed by atoms with Gasteiger partial charge in [-0.2, -0.15) is 5.10 Å². The molecular formula is C10H14N4O3. The highest BCUT2D eigenvalue weighted by molar-refractivity contribution is 6.00. The number of benzene rings is 1. The van der Waals surface area contributed by atoms with Crippen LogP contribution in [0, 0.1) is 0 Å². The Hall–Kier alpha value is -2.44. The molecule has 0 heterocycles. The summed E-state index contributed by atoms with van der Waals surface area (Å²) in [5.74, 6) is -0.664. The van der Waals surface area contributed by atoms with Gasteiger partial charge in [-0.3, -0.25) is 0 Å². The van der Waals surface area contributed by atoms with Crippen molar-refractivity contribution in [1.29, 1.82) is 0 Å². The molecule has 6 N–H and O–H groups in total. The molecule has 0 unspecified atom stereocenters. The van der Waals surface area contributed by atoms with Crippen LogP contribution in [0.1, 0.15) is 12.5 Å². The van der Waals surface area contributed by atoms with E-state index in [0.717, 1.165) is 0 Å². The van der Waals surface area contributed by atoms with Gasteiger partial charge in [-0.25, -0.2) is 0 Å². The van der Waals surface area contributed by atoms with E-state index in [-0.39, 0.29) is 23.2 Å². The third-order valence-electron chi connectivity index (χ3n) is 2.01. The van der Waals surface area contributed by atoms with E-state index in [9.17, 15) is 10.2 Å². The van der Waals surface area contributed by atoms with Crippen molar-refractivity contribution in [1.82, 2.24) is 0 Å².